The average Bonchev–Trinajstić information content (AvgIpc) is 4.24. The van der Waals surface area contributed by atoms with Gasteiger partial charge in [-0.05, 0) is 99.4 Å². The molecule has 30 heteroatoms. The van der Waals surface area contributed by atoms with Gasteiger partial charge in [0.25, 0.3) is 27.8 Å². The number of anilines is 2. The van der Waals surface area contributed by atoms with Crippen molar-refractivity contribution in [3.8, 4) is 22.9 Å². The lowest BCUT2D eigenvalue weighted by Gasteiger charge is -2.28. The predicted molar refractivity (Wildman–Crippen MR) is 259 cm³/mol. The first-order valence-electron chi connectivity index (χ1n) is 22.6. The molecule has 19 nitrogen and oxygen atoms in total. The van der Waals surface area contributed by atoms with Gasteiger partial charge in [0.05, 0.1) is 48.0 Å². The number of nitrogens with one attached hydrogen (secondary N) is 1. The van der Waals surface area contributed by atoms with Gasteiger partial charge in [0.2, 0.25) is 29.5 Å². The summed E-state index contributed by atoms with van der Waals surface area (Å²) in [6.07, 6.45) is -2.03. The van der Waals surface area contributed by atoms with Crippen LogP contribution in [0.3, 0.4) is 0 Å². The van der Waals surface area contributed by atoms with Crippen LogP contribution in [-0.4, -0.2) is 102 Å². The second kappa shape index (κ2) is 26.3. The molecule has 0 radical (unpaired) electrons. The molecule has 0 aliphatic carbocycles. The van der Waals surface area contributed by atoms with Crippen molar-refractivity contribution in [1.82, 2.24) is 30.6 Å². The number of hydrogen-bond acceptors (Lipinski definition) is 15. The fourth-order valence-corrected chi connectivity index (χ4v) is 8.21. The van der Waals surface area contributed by atoms with E-state index in [2.05, 4.69) is 29.9 Å². The van der Waals surface area contributed by atoms with Crippen molar-refractivity contribution < 1.29 is 75.7 Å². The molecule has 412 valence electrons. The Morgan fingerprint density at radius 1 is 0.701 bits per heavy atom. The minimum Gasteiger partial charge on any atom is -0.415 e. The maximum atomic E-state index is 15.0. The summed E-state index contributed by atoms with van der Waals surface area (Å²) in [5.74, 6) is -7.68. The highest BCUT2D eigenvalue weighted by Crippen LogP contribution is 2.31. The Kier molecular flexibility index (Phi) is 20.2. The van der Waals surface area contributed by atoms with Crippen LogP contribution >= 0.6 is 23.2 Å². The van der Waals surface area contributed by atoms with Crippen LogP contribution in [-0.2, 0) is 46.6 Å². The summed E-state index contributed by atoms with van der Waals surface area (Å²) in [7, 11) is -3.96. The van der Waals surface area contributed by atoms with Crippen LogP contribution in [0.2, 0.25) is 10.0 Å². The van der Waals surface area contributed by atoms with Crippen LogP contribution in [0.1, 0.15) is 61.4 Å². The summed E-state index contributed by atoms with van der Waals surface area (Å²) in [6, 6.07) is 13.5. The van der Waals surface area contributed by atoms with Gasteiger partial charge in [-0.1, -0.05) is 35.3 Å². The lowest BCUT2D eigenvalue weighted by atomic mass is 10.1. The van der Waals surface area contributed by atoms with E-state index in [1.54, 1.807) is 4.90 Å². The van der Waals surface area contributed by atoms with Crippen molar-refractivity contribution in [2.45, 2.75) is 63.7 Å². The average molecular weight is 1150 g/mol. The van der Waals surface area contributed by atoms with E-state index in [9.17, 15) is 58.3 Å². The van der Waals surface area contributed by atoms with Gasteiger partial charge >= 0.3 is 12.9 Å². The largest absolute Gasteiger partial charge is 0.415 e. The molecule has 4 heterocycles. The van der Waals surface area contributed by atoms with Crippen molar-refractivity contribution in [1.29, 1.82) is 0 Å². The number of hydrogen-bond donors (Lipinski definition) is 3. The summed E-state index contributed by atoms with van der Waals surface area (Å²) < 4.78 is 144. The number of nitrogens with zero attached hydrogens (tertiary/aromatic N) is 7. The number of alkyl halides is 4. The minimum atomic E-state index is -3.96. The fourth-order valence-electron chi connectivity index (χ4n) is 7.55. The van der Waals surface area contributed by atoms with Crippen LogP contribution in [0.25, 0.3) is 22.9 Å². The van der Waals surface area contributed by atoms with E-state index < -0.39 is 94.9 Å². The molecule has 0 spiro atoms. The lowest BCUT2D eigenvalue weighted by molar-refractivity contribution is -0.125. The third kappa shape index (κ3) is 16.2. The Morgan fingerprint density at radius 2 is 1.19 bits per heavy atom. The molecular formula is C47H44Cl2F8N10O9S. The van der Waals surface area contributed by atoms with Crippen molar-refractivity contribution in [3.05, 3.63) is 129 Å². The van der Waals surface area contributed by atoms with Gasteiger partial charge in [-0.2, -0.15) is 26.0 Å². The molecule has 6 aromatic rings. The molecule has 0 unspecified atom stereocenters. The predicted octanol–water partition coefficient (Wildman–Crippen LogP) is 7.43. The molecular weight excluding hydrogens is 1100 g/mol. The molecule has 0 saturated carbocycles. The van der Waals surface area contributed by atoms with E-state index >= 15 is 4.39 Å². The third-order valence-electron chi connectivity index (χ3n) is 11.4. The Bertz CT molecular complexity index is 3210. The summed E-state index contributed by atoms with van der Waals surface area (Å²) in [5, 5.41) is 15.7. The van der Waals surface area contributed by atoms with Crippen LogP contribution < -0.4 is 26.6 Å². The fraction of sp³-hybridized carbons (Fsp3) is 0.319. The highest BCUT2D eigenvalue weighted by atomic mass is 35.5. The van der Waals surface area contributed by atoms with Crippen molar-refractivity contribution in [3.63, 3.8) is 0 Å². The summed E-state index contributed by atoms with van der Waals surface area (Å²) in [5.41, 5.74) is 10.8. The van der Waals surface area contributed by atoms with E-state index in [4.69, 9.17) is 43.5 Å². The number of likely N-dealkylation sites (tertiary alicyclic amines) is 1. The molecule has 2 saturated heterocycles. The summed E-state index contributed by atoms with van der Waals surface area (Å²) >= 11 is 11.7. The molecule has 2 fully saturated rings. The highest BCUT2D eigenvalue weighted by Gasteiger charge is 2.33. The monoisotopic (exact) mass is 1150 g/mol. The van der Waals surface area contributed by atoms with Crippen molar-refractivity contribution in [2.75, 3.05) is 42.3 Å². The number of halogens is 10. The molecule has 77 heavy (non-hydrogen) atoms. The molecule has 4 aromatic carbocycles. The third-order valence-corrected chi connectivity index (χ3v) is 12.5. The van der Waals surface area contributed by atoms with E-state index in [0.717, 1.165) is 60.9 Å². The Balaban J connectivity index is 0.000000218. The summed E-state index contributed by atoms with van der Waals surface area (Å²) in [6.45, 7) is -0.355. The topological polar surface area (TPSA) is 263 Å². The van der Waals surface area contributed by atoms with E-state index in [-0.39, 0.29) is 80.5 Å². The van der Waals surface area contributed by atoms with Crippen LogP contribution in [0, 0.1) is 23.3 Å². The number of aromatic nitrogens is 4. The number of rotatable bonds is 17. The number of nitrogens with two attached hydrogens (primary N) is 2. The maximum Gasteiger partial charge on any atom is 0.314 e. The van der Waals surface area contributed by atoms with Gasteiger partial charge < -0.3 is 35.4 Å². The Morgan fingerprint density at radius 3 is 1.57 bits per heavy atom. The first-order valence-corrected chi connectivity index (χ1v) is 25.2. The number of carbonyl (C=O) groups excluding carboxylic acids is 4. The standard InChI is InChI=1S/C23H20ClF4N5O3.C19H14ClF4N3O5S.C5H10N2O/c24-15-9-14(5-6-16(15)25)33(19(34)11-32-7-1-2-18(32)21(29)35)10-13-4-3-12(8-17(13)26)22-30-31-23(36-22)20(27)28;1-33(29,30)31-9-16(28)27(12-4-5-14(21)13(20)7-12)8-11-3-2-10(6-15(11)22)18-25-26-19(32-18)17(23)24;6-5(8)4-2-1-3-7-4/h3-6,8-9,18,20H,1-2,7,10-11H2,(H2,29,35);2-7,17H,8-9H2,1H3;4,7H,1-3H2,(H2,6,8)/t18-;;4-/m0.0/s1. The number of benzene rings is 4. The normalized spacial score (nSPS) is 15.4. The zero-order valence-corrected chi connectivity index (χ0v) is 42.3. The quantitative estimate of drug-likeness (QED) is 0.0592. The van der Waals surface area contributed by atoms with Crippen LogP contribution in [0.4, 0.5) is 46.5 Å². The van der Waals surface area contributed by atoms with Gasteiger partial charge in [0.15, 0.2) is 0 Å². The number of primary amides is 2. The Labute approximate surface area is 442 Å². The second-order valence-corrected chi connectivity index (χ2v) is 19.3. The van der Waals surface area contributed by atoms with Gasteiger partial charge in [0.1, 0.15) is 29.9 Å². The number of amides is 4. The van der Waals surface area contributed by atoms with Crippen molar-refractivity contribution in [2.24, 2.45) is 11.5 Å². The minimum absolute atomic E-state index is 0.0127. The summed E-state index contributed by atoms with van der Waals surface area (Å²) in [4.78, 5) is 51.8. The zero-order chi connectivity index (χ0) is 56.3. The molecule has 5 N–H and O–H groups in total. The maximum absolute atomic E-state index is 15.0. The molecule has 8 rings (SSSR count). The van der Waals surface area contributed by atoms with Crippen molar-refractivity contribution >= 4 is 68.3 Å². The molecule has 2 atom stereocenters. The van der Waals surface area contributed by atoms with Gasteiger partial charge in [-0.25, -0.2) is 17.6 Å². The highest BCUT2D eigenvalue weighted by molar-refractivity contribution is 7.86. The van der Waals surface area contributed by atoms with Crippen LogP contribution in [0.15, 0.2) is 81.6 Å². The zero-order valence-electron chi connectivity index (χ0n) is 40.0. The second-order valence-electron chi connectivity index (χ2n) is 16.8. The molecule has 0 bridgehead atoms. The van der Waals surface area contributed by atoms with Gasteiger partial charge in [-0.3, -0.25) is 28.3 Å². The molecule has 2 aliphatic rings. The first kappa shape index (κ1) is 59.1. The molecule has 4 amide bonds. The first-order chi connectivity index (χ1) is 36.4. The van der Waals surface area contributed by atoms with E-state index in [1.165, 1.54) is 47.4 Å². The Hall–Kier alpha value is -7.11. The van der Waals surface area contributed by atoms with Crippen LogP contribution in [0.5, 0.6) is 0 Å². The van der Waals surface area contributed by atoms with E-state index in [0.29, 0.717) is 19.4 Å². The molecule has 2 aliphatic heterocycles. The number of carbonyl (C=O) groups is 4. The lowest BCUT2D eigenvalue weighted by Crippen LogP contribution is -2.46. The molecule has 2 aromatic heterocycles. The van der Waals surface area contributed by atoms with Gasteiger partial charge in [-0.15, -0.1) is 20.4 Å². The SMILES string of the molecule is CS(=O)(=O)OCC(=O)N(Cc1ccc(-c2nnc(C(F)F)o2)cc1F)c1ccc(F)c(Cl)c1.NC(=O)[C@@H]1CCCN1.NC(=O)[C@@H]1CCCN1CC(=O)N(Cc1ccc(-c2nnc(C(F)F)o2)cc1F)c1ccc(F)c(Cl)c1. The van der Waals surface area contributed by atoms with E-state index in [1.807, 2.05) is 0 Å². The van der Waals surface area contributed by atoms with Gasteiger partial charge in [0, 0.05) is 33.6 Å². The smallest absolute Gasteiger partial charge is 0.314 e.